The second-order valence-corrected chi connectivity index (χ2v) is 5.62. The summed E-state index contributed by atoms with van der Waals surface area (Å²) in [6, 6.07) is 8.44. The summed E-state index contributed by atoms with van der Waals surface area (Å²) in [5.41, 5.74) is 3.45. The summed E-state index contributed by atoms with van der Waals surface area (Å²) in [5.74, 6) is 0.774. The number of hydrogen-bond acceptors (Lipinski definition) is 5. The van der Waals surface area contributed by atoms with Gasteiger partial charge in [0.25, 0.3) is 0 Å². The van der Waals surface area contributed by atoms with E-state index in [1.165, 1.54) is 11.1 Å². The van der Waals surface area contributed by atoms with Gasteiger partial charge in [0.05, 0.1) is 18.9 Å². The van der Waals surface area contributed by atoms with Crippen LogP contribution in [-0.4, -0.2) is 31.3 Å². The number of rotatable bonds is 3. The molecule has 1 aromatic carbocycles. The van der Waals surface area contributed by atoms with Crippen LogP contribution in [0.15, 0.2) is 29.6 Å². The van der Waals surface area contributed by atoms with E-state index in [0.717, 1.165) is 42.9 Å². The first kappa shape index (κ1) is 13.0. The molecular weight excluding hydrogens is 276 g/mol. The van der Waals surface area contributed by atoms with Gasteiger partial charge in [-0.05, 0) is 5.56 Å². The lowest BCUT2D eigenvalue weighted by molar-refractivity contribution is 0.122. The van der Waals surface area contributed by atoms with Crippen LogP contribution in [0.25, 0.3) is 11.3 Å². The summed E-state index contributed by atoms with van der Waals surface area (Å²) < 4.78 is 5.37. The molecule has 0 atom stereocenters. The highest BCUT2D eigenvalue weighted by atomic mass is 32.1. The standard InChI is InChI=1S/C14H16N2OS2/c18-9-11-1-3-12(4-2-11)13-10-19-14(15-13)16-5-7-17-8-6-16/h1-4,10,18H,5-9H2. The Morgan fingerprint density at radius 2 is 1.95 bits per heavy atom. The molecule has 2 aromatic rings. The predicted octanol–water partition coefficient (Wildman–Crippen LogP) is 3.08. The third-order valence-corrected chi connectivity index (χ3v) is 4.47. The minimum atomic E-state index is 0.774. The van der Waals surface area contributed by atoms with E-state index >= 15 is 0 Å². The molecule has 2 heterocycles. The Bertz CT molecular complexity index is 533. The molecule has 0 radical (unpaired) electrons. The minimum absolute atomic E-state index is 0.774. The Morgan fingerprint density at radius 3 is 2.63 bits per heavy atom. The van der Waals surface area contributed by atoms with Crippen molar-refractivity contribution < 1.29 is 4.74 Å². The minimum Gasteiger partial charge on any atom is -0.378 e. The molecule has 1 saturated heterocycles. The highest BCUT2D eigenvalue weighted by molar-refractivity contribution is 7.79. The third kappa shape index (κ3) is 2.94. The first-order valence-electron chi connectivity index (χ1n) is 6.35. The molecule has 1 aliphatic heterocycles. The first-order chi connectivity index (χ1) is 9.36. The Morgan fingerprint density at radius 1 is 1.21 bits per heavy atom. The number of thiazole rings is 1. The molecule has 0 saturated carbocycles. The molecule has 0 unspecified atom stereocenters. The van der Waals surface area contributed by atoms with Crippen LogP contribution < -0.4 is 4.90 Å². The SMILES string of the molecule is SCc1ccc(-c2csc(N3CCOCC3)n2)cc1. The number of benzene rings is 1. The van der Waals surface area contributed by atoms with Crippen LogP contribution in [0.3, 0.4) is 0 Å². The van der Waals surface area contributed by atoms with Gasteiger partial charge in [-0.15, -0.1) is 11.3 Å². The van der Waals surface area contributed by atoms with Gasteiger partial charge in [0.1, 0.15) is 0 Å². The molecular formula is C14H16N2OS2. The van der Waals surface area contributed by atoms with Crippen molar-refractivity contribution in [3.8, 4) is 11.3 Å². The summed E-state index contributed by atoms with van der Waals surface area (Å²) in [6.07, 6.45) is 0. The second kappa shape index (κ2) is 5.94. The molecule has 0 N–H and O–H groups in total. The van der Waals surface area contributed by atoms with Gasteiger partial charge in [0, 0.05) is 29.8 Å². The number of ether oxygens (including phenoxy) is 1. The normalized spacial score (nSPS) is 15.7. The van der Waals surface area contributed by atoms with Gasteiger partial charge >= 0.3 is 0 Å². The van der Waals surface area contributed by atoms with Crippen LogP contribution in [0.5, 0.6) is 0 Å². The highest BCUT2D eigenvalue weighted by Gasteiger charge is 2.15. The summed E-state index contributed by atoms with van der Waals surface area (Å²) in [6.45, 7) is 3.47. The van der Waals surface area contributed by atoms with Gasteiger partial charge in [-0.3, -0.25) is 0 Å². The van der Waals surface area contributed by atoms with E-state index in [2.05, 4.69) is 47.2 Å². The predicted molar refractivity (Wildman–Crippen MR) is 83.3 cm³/mol. The zero-order chi connectivity index (χ0) is 13.1. The molecule has 0 aliphatic carbocycles. The van der Waals surface area contributed by atoms with Crippen LogP contribution in [-0.2, 0) is 10.5 Å². The van der Waals surface area contributed by atoms with Crippen molar-refractivity contribution in [2.24, 2.45) is 0 Å². The average Bonchev–Trinajstić information content (AvgIpc) is 2.98. The molecule has 19 heavy (non-hydrogen) atoms. The lowest BCUT2D eigenvalue weighted by Gasteiger charge is -2.26. The molecule has 1 fully saturated rings. The largest absolute Gasteiger partial charge is 0.378 e. The summed E-state index contributed by atoms with van der Waals surface area (Å²) in [5, 5.41) is 3.22. The highest BCUT2D eigenvalue weighted by Crippen LogP contribution is 2.28. The van der Waals surface area contributed by atoms with Crippen molar-refractivity contribution in [2.75, 3.05) is 31.2 Å². The Hall–Kier alpha value is -1.04. The maximum absolute atomic E-state index is 5.37. The van der Waals surface area contributed by atoms with E-state index in [9.17, 15) is 0 Å². The maximum Gasteiger partial charge on any atom is 0.186 e. The number of nitrogens with zero attached hydrogens (tertiary/aromatic N) is 2. The first-order valence-corrected chi connectivity index (χ1v) is 7.86. The summed E-state index contributed by atoms with van der Waals surface area (Å²) in [4.78, 5) is 7.02. The zero-order valence-corrected chi connectivity index (χ0v) is 12.3. The number of morpholine rings is 1. The zero-order valence-electron chi connectivity index (χ0n) is 10.6. The van der Waals surface area contributed by atoms with Gasteiger partial charge in [-0.1, -0.05) is 24.3 Å². The molecule has 0 spiro atoms. The van der Waals surface area contributed by atoms with Crippen molar-refractivity contribution >= 4 is 29.1 Å². The van der Waals surface area contributed by atoms with Crippen LogP contribution in [0.2, 0.25) is 0 Å². The molecule has 100 valence electrons. The summed E-state index contributed by atoms with van der Waals surface area (Å²) >= 11 is 5.98. The Labute approximate surface area is 122 Å². The van der Waals surface area contributed by atoms with Gasteiger partial charge in [-0.2, -0.15) is 12.6 Å². The molecule has 3 nitrogen and oxygen atoms in total. The third-order valence-electron chi connectivity index (χ3n) is 3.21. The quantitative estimate of drug-likeness (QED) is 0.880. The topological polar surface area (TPSA) is 25.4 Å². The second-order valence-electron chi connectivity index (χ2n) is 4.47. The Kier molecular flexibility index (Phi) is 4.06. The van der Waals surface area contributed by atoms with Crippen molar-refractivity contribution in [1.29, 1.82) is 0 Å². The van der Waals surface area contributed by atoms with Crippen molar-refractivity contribution in [3.63, 3.8) is 0 Å². The average molecular weight is 292 g/mol. The number of anilines is 1. The summed E-state index contributed by atoms with van der Waals surface area (Å²) in [7, 11) is 0. The molecule has 1 aliphatic rings. The fraction of sp³-hybridized carbons (Fsp3) is 0.357. The van der Waals surface area contributed by atoms with Crippen molar-refractivity contribution in [3.05, 3.63) is 35.2 Å². The maximum atomic E-state index is 5.37. The lowest BCUT2D eigenvalue weighted by atomic mass is 10.1. The smallest absolute Gasteiger partial charge is 0.186 e. The van der Waals surface area contributed by atoms with E-state index in [1.54, 1.807) is 11.3 Å². The number of hydrogen-bond donors (Lipinski definition) is 1. The monoisotopic (exact) mass is 292 g/mol. The van der Waals surface area contributed by atoms with E-state index in [4.69, 9.17) is 9.72 Å². The van der Waals surface area contributed by atoms with E-state index in [1.807, 2.05) is 0 Å². The van der Waals surface area contributed by atoms with Crippen LogP contribution in [0.1, 0.15) is 5.56 Å². The van der Waals surface area contributed by atoms with Crippen LogP contribution in [0, 0.1) is 0 Å². The van der Waals surface area contributed by atoms with E-state index < -0.39 is 0 Å². The molecule has 3 rings (SSSR count). The molecule has 1 aromatic heterocycles. The van der Waals surface area contributed by atoms with Crippen molar-refractivity contribution in [2.45, 2.75) is 5.75 Å². The van der Waals surface area contributed by atoms with Gasteiger partial charge < -0.3 is 9.64 Å². The van der Waals surface area contributed by atoms with E-state index in [-0.39, 0.29) is 0 Å². The number of thiol groups is 1. The van der Waals surface area contributed by atoms with Crippen LogP contribution in [0.4, 0.5) is 5.13 Å². The van der Waals surface area contributed by atoms with Gasteiger partial charge in [0.15, 0.2) is 5.13 Å². The number of aromatic nitrogens is 1. The van der Waals surface area contributed by atoms with Crippen molar-refractivity contribution in [1.82, 2.24) is 4.98 Å². The fourth-order valence-corrected chi connectivity index (χ4v) is 3.18. The van der Waals surface area contributed by atoms with E-state index in [0.29, 0.717) is 0 Å². The van der Waals surface area contributed by atoms with Crippen LogP contribution >= 0.6 is 24.0 Å². The van der Waals surface area contributed by atoms with Gasteiger partial charge in [0.2, 0.25) is 0 Å². The fourth-order valence-electron chi connectivity index (χ4n) is 2.08. The van der Waals surface area contributed by atoms with Gasteiger partial charge in [-0.25, -0.2) is 4.98 Å². The lowest BCUT2D eigenvalue weighted by Crippen LogP contribution is -2.36. The molecule has 0 bridgehead atoms. The molecule has 0 amide bonds. The molecule has 5 heteroatoms. The Balaban J connectivity index is 1.79.